The van der Waals surface area contributed by atoms with Gasteiger partial charge >= 0.3 is 0 Å². The Morgan fingerprint density at radius 2 is 2.20 bits per heavy atom. The number of hydrogen-bond acceptors (Lipinski definition) is 3. The predicted molar refractivity (Wildman–Crippen MR) is 72.0 cm³/mol. The minimum absolute atomic E-state index is 0.0950. The van der Waals surface area contributed by atoms with Crippen molar-refractivity contribution in [2.45, 2.75) is 37.1 Å². The van der Waals surface area contributed by atoms with Gasteiger partial charge in [0.15, 0.2) is 0 Å². The maximum atomic E-state index is 13.4. The zero-order valence-corrected chi connectivity index (χ0v) is 11.9. The topological polar surface area (TPSA) is 89.3 Å². The van der Waals surface area contributed by atoms with E-state index >= 15 is 0 Å². The summed E-state index contributed by atoms with van der Waals surface area (Å²) in [6, 6.07) is 3.28. The molecule has 1 saturated carbocycles. The minimum atomic E-state index is -4.18. The normalized spacial score (nSPS) is 21.6. The average Bonchev–Trinajstić information content (AvgIpc) is 3.06. The van der Waals surface area contributed by atoms with Crippen LogP contribution in [0.3, 0.4) is 0 Å². The van der Waals surface area contributed by atoms with Gasteiger partial charge in [-0.2, -0.15) is 0 Å². The molecule has 0 bridgehead atoms. The summed E-state index contributed by atoms with van der Waals surface area (Å²) in [6.45, 7) is 2.08. The fourth-order valence-corrected chi connectivity index (χ4v) is 2.86. The van der Waals surface area contributed by atoms with Crippen molar-refractivity contribution >= 4 is 15.9 Å². The molecular formula is C13H17FN2O3S. The number of carbonyl (C=O) groups is 1. The lowest BCUT2D eigenvalue weighted by molar-refractivity contribution is 0.0948. The molecule has 7 heteroatoms. The van der Waals surface area contributed by atoms with Gasteiger partial charge in [0, 0.05) is 11.6 Å². The Hall–Kier alpha value is -1.47. The number of rotatable bonds is 5. The second-order valence-corrected chi connectivity index (χ2v) is 6.58. The van der Waals surface area contributed by atoms with Crippen molar-refractivity contribution in [2.24, 2.45) is 11.1 Å². The summed E-state index contributed by atoms with van der Waals surface area (Å²) < 4.78 is 35.8. The van der Waals surface area contributed by atoms with Crippen LogP contribution in [-0.2, 0) is 10.0 Å². The van der Waals surface area contributed by atoms with E-state index in [1.165, 1.54) is 6.07 Å². The van der Waals surface area contributed by atoms with E-state index in [-0.39, 0.29) is 11.6 Å². The van der Waals surface area contributed by atoms with Crippen LogP contribution in [0.25, 0.3) is 0 Å². The Labute approximate surface area is 117 Å². The zero-order valence-electron chi connectivity index (χ0n) is 11.1. The van der Waals surface area contributed by atoms with Crippen LogP contribution in [0.4, 0.5) is 4.39 Å². The maximum Gasteiger partial charge on any atom is 0.251 e. The van der Waals surface area contributed by atoms with Crippen LogP contribution in [0.2, 0.25) is 0 Å². The fraction of sp³-hybridized carbons (Fsp3) is 0.462. The van der Waals surface area contributed by atoms with E-state index in [1.807, 2.05) is 0 Å². The second kappa shape index (κ2) is 5.49. The van der Waals surface area contributed by atoms with E-state index in [0.29, 0.717) is 5.92 Å². The molecule has 110 valence electrons. The number of halogens is 1. The first-order valence-electron chi connectivity index (χ1n) is 6.46. The van der Waals surface area contributed by atoms with Crippen molar-refractivity contribution in [1.82, 2.24) is 5.32 Å². The van der Waals surface area contributed by atoms with Crippen molar-refractivity contribution in [3.63, 3.8) is 0 Å². The predicted octanol–water partition coefficient (Wildman–Crippen LogP) is 1.39. The molecule has 0 aromatic heterocycles. The summed E-state index contributed by atoms with van der Waals surface area (Å²) in [6.07, 6.45) is 3.04. The minimum Gasteiger partial charge on any atom is -0.349 e. The van der Waals surface area contributed by atoms with Gasteiger partial charge in [-0.25, -0.2) is 17.9 Å². The van der Waals surface area contributed by atoms with Crippen LogP contribution in [0.15, 0.2) is 23.1 Å². The van der Waals surface area contributed by atoms with Crippen molar-refractivity contribution in [3.05, 3.63) is 29.6 Å². The molecule has 2 unspecified atom stereocenters. The summed E-state index contributed by atoms with van der Waals surface area (Å²) in [5.74, 6) is -0.875. The highest BCUT2D eigenvalue weighted by atomic mass is 32.2. The van der Waals surface area contributed by atoms with Crippen LogP contribution in [0.1, 0.15) is 36.5 Å². The number of amides is 1. The lowest BCUT2D eigenvalue weighted by Gasteiger charge is -2.07. The largest absolute Gasteiger partial charge is 0.349 e. The van der Waals surface area contributed by atoms with E-state index in [1.54, 1.807) is 0 Å². The number of carbonyl (C=O) groups excluding carboxylic acids is 1. The van der Waals surface area contributed by atoms with Gasteiger partial charge in [-0.05, 0) is 37.0 Å². The highest BCUT2D eigenvalue weighted by Crippen LogP contribution is 2.34. The third-order valence-corrected chi connectivity index (χ3v) is 4.32. The van der Waals surface area contributed by atoms with E-state index in [4.69, 9.17) is 5.14 Å². The van der Waals surface area contributed by atoms with Crippen LogP contribution in [-0.4, -0.2) is 20.4 Å². The SMILES string of the molecule is CCCC1CC1NC(=O)c1ccc(F)c(S(N)(=O)=O)c1. The lowest BCUT2D eigenvalue weighted by atomic mass is 10.2. The third kappa shape index (κ3) is 3.34. The van der Waals surface area contributed by atoms with Gasteiger partial charge in [-0.3, -0.25) is 4.79 Å². The summed E-state index contributed by atoms with van der Waals surface area (Å²) in [4.78, 5) is 11.3. The molecule has 1 fully saturated rings. The number of sulfonamides is 1. The zero-order chi connectivity index (χ0) is 14.9. The first-order chi connectivity index (χ1) is 9.32. The quantitative estimate of drug-likeness (QED) is 0.861. The van der Waals surface area contributed by atoms with Crippen molar-refractivity contribution in [1.29, 1.82) is 0 Å². The summed E-state index contributed by atoms with van der Waals surface area (Å²) in [5, 5.41) is 7.71. The molecule has 1 amide bonds. The van der Waals surface area contributed by atoms with Crippen molar-refractivity contribution in [3.8, 4) is 0 Å². The van der Waals surface area contributed by atoms with Crippen molar-refractivity contribution in [2.75, 3.05) is 0 Å². The molecule has 1 aromatic rings. The van der Waals surface area contributed by atoms with Gasteiger partial charge in [0.05, 0.1) is 0 Å². The molecule has 2 rings (SSSR count). The molecule has 5 nitrogen and oxygen atoms in total. The van der Waals surface area contributed by atoms with Gasteiger partial charge in [0.25, 0.3) is 5.91 Å². The second-order valence-electron chi connectivity index (χ2n) is 5.05. The third-order valence-electron chi connectivity index (χ3n) is 3.40. The Kier molecular flexibility index (Phi) is 4.10. The average molecular weight is 300 g/mol. The monoisotopic (exact) mass is 300 g/mol. The Morgan fingerprint density at radius 1 is 1.50 bits per heavy atom. The Balaban J connectivity index is 2.12. The van der Waals surface area contributed by atoms with Crippen LogP contribution in [0, 0.1) is 11.7 Å². The molecular weight excluding hydrogens is 283 g/mol. The van der Waals surface area contributed by atoms with Crippen LogP contribution in [0.5, 0.6) is 0 Å². The summed E-state index contributed by atoms with van der Waals surface area (Å²) >= 11 is 0. The first-order valence-corrected chi connectivity index (χ1v) is 8.00. The van der Waals surface area contributed by atoms with Crippen LogP contribution >= 0.6 is 0 Å². The highest BCUT2D eigenvalue weighted by molar-refractivity contribution is 7.89. The first kappa shape index (κ1) is 14.9. The van der Waals surface area contributed by atoms with E-state index in [0.717, 1.165) is 31.4 Å². The molecule has 0 saturated heterocycles. The van der Waals surface area contributed by atoms with Gasteiger partial charge < -0.3 is 5.32 Å². The molecule has 1 aliphatic carbocycles. The fourth-order valence-electron chi connectivity index (χ4n) is 2.23. The summed E-state index contributed by atoms with van der Waals surface area (Å²) in [7, 11) is -4.18. The molecule has 0 aliphatic heterocycles. The summed E-state index contributed by atoms with van der Waals surface area (Å²) in [5.41, 5.74) is 0.0950. The Morgan fingerprint density at radius 3 is 2.80 bits per heavy atom. The maximum absolute atomic E-state index is 13.4. The number of primary sulfonamides is 1. The number of nitrogens with two attached hydrogens (primary N) is 1. The molecule has 0 radical (unpaired) electrons. The highest BCUT2D eigenvalue weighted by Gasteiger charge is 2.37. The lowest BCUT2D eigenvalue weighted by Crippen LogP contribution is -2.27. The molecule has 0 spiro atoms. The van der Waals surface area contributed by atoms with E-state index in [9.17, 15) is 17.6 Å². The molecule has 20 heavy (non-hydrogen) atoms. The molecule has 2 atom stereocenters. The van der Waals surface area contributed by atoms with E-state index in [2.05, 4.69) is 12.2 Å². The smallest absolute Gasteiger partial charge is 0.251 e. The number of benzene rings is 1. The molecule has 3 N–H and O–H groups in total. The van der Waals surface area contributed by atoms with Gasteiger partial charge in [-0.1, -0.05) is 13.3 Å². The van der Waals surface area contributed by atoms with Crippen molar-refractivity contribution < 1.29 is 17.6 Å². The molecule has 1 aliphatic rings. The number of hydrogen-bond donors (Lipinski definition) is 2. The van der Waals surface area contributed by atoms with Crippen LogP contribution < -0.4 is 10.5 Å². The molecule has 0 heterocycles. The molecule has 1 aromatic carbocycles. The van der Waals surface area contributed by atoms with Gasteiger partial charge in [0.2, 0.25) is 10.0 Å². The number of nitrogens with one attached hydrogen (secondary N) is 1. The Bertz CT molecular complexity index is 631. The van der Waals surface area contributed by atoms with E-state index < -0.39 is 26.6 Å². The van der Waals surface area contributed by atoms with Gasteiger partial charge in [0.1, 0.15) is 10.7 Å². The van der Waals surface area contributed by atoms with Gasteiger partial charge in [-0.15, -0.1) is 0 Å². The standard InChI is InChI=1S/C13H17FN2O3S/c1-2-3-8-6-11(8)16-13(17)9-4-5-10(14)12(7-9)20(15,18)19/h4-5,7-8,11H,2-3,6H2,1H3,(H,16,17)(H2,15,18,19).